The standard InChI is InChI=1S/C24H21F2N3O/c25-20-8-4-18(5-9-20)16-29(14-12-22-3-1-2-13-27-22)17-24-28-15-23(30-24)19-6-10-21(26)11-7-19/h1-11,13,15H,12,14,16-17H2. The maximum atomic E-state index is 13.3. The van der Waals surface area contributed by atoms with E-state index in [1.807, 2.05) is 18.2 Å². The molecule has 0 aliphatic carbocycles. The second kappa shape index (κ2) is 9.41. The van der Waals surface area contributed by atoms with Crippen LogP contribution in [-0.2, 0) is 19.5 Å². The van der Waals surface area contributed by atoms with Crippen LogP contribution in [0.1, 0.15) is 17.1 Å². The summed E-state index contributed by atoms with van der Waals surface area (Å²) in [6.07, 6.45) is 4.20. The van der Waals surface area contributed by atoms with Crippen molar-refractivity contribution in [1.29, 1.82) is 0 Å². The van der Waals surface area contributed by atoms with Crippen molar-refractivity contribution in [2.75, 3.05) is 6.54 Å². The Balaban J connectivity index is 1.48. The fourth-order valence-corrected chi connectivity index (χ4v) is 3.20. The molecule has 0 radical (unpaired) electrons. The number of hydrogen-bond acceptors (Lipinski definition) is 4. The highest BCUT2D eigenvalue weighted by atomic mass is 19.1. The van der Waals surface area contributed by atoms with E-state index >= 15 is 0 Å². The maximum Gasteiger partial charge on any atom is 0.209 e. The number of pyridine rings is 1. The molecule has 0 spiro atoms. The number of benzene rings is 2. The third-order valence-electron chi connectivity index (χ3n) is 4.77. The minimum atomic E-state index is -0.293. The lowest BCUT2D eigenvalue weighted by atomic mass is 10.2. The zero-order valence-corrected chi connectivity index (χ0v) is 16.3. The van der Waals surface area contributed by atoms with E-state index in [0.29, 0.717) is 24.7 Å². The van der Waals surface area contributed by atoms with E-state index in [4.69, 9.17) is 4.42 Å². The first kappa shape index (κ1) is 19.9. The molecule has 0 N–H and O–H groups in total. The van der Waals surface area contributed by atoms with Gasteiger partial charge in [-0.05, 0) is 54.1 Å². The van der Waals surface area contributed by atoms with Crippen molar-refractivity contribution in [2.45, 2.75) is 19.5 Å². The van der Waals surface area contributed by atoms with Crippen LogP contribution in [0.4, 0.5) is 8.78 Å². The highest BCUT2D eigenvalue weighted by Crippen LogP contribution is 2.22. The molecule has 0 fully saturated rings. The van der Waals surface area contributed by atoms with Gasteiger partial charge in [-0.15, -0.1) is 0 Å². The highest BCUT2D eigenvalue weighted by molar-refractivity contribution is 5.55. The molecule has 152 valence electrons. The molecule has 0 saturated carbocycles. The van der Waals surface area contributed by atoms with Gasteiger partial charge in [0.2, 0.25) is 5.89 Å². The van der Waals surface area contributed by atoms with Crippen LogP contribution in [0.2, 0.25) is 0 Å². The Bertz CT molecular complexity index is 1060. The summed E-state index contributed by atoms with van der Waals surface area (Å²) in [5.74, 6) is 0.614. The molecule has 0 unspecified atom stereocenters. The molecule has 4 nitrogen and oxygen atoms in total. The minimum absolute atomic E-state index is 0.254. The van der Waals surface area contributed by atoms with E-state index in [1.54, 1.807) is 36.7 Å². The largest absolute Gasteiger partial charge is 0.439 e. The van der Waals surface area contributed by atoms with Crippen molar-refractivity contribution < 1.29 is 13.2 Å². The normalized spacial score (nSPS) is 11.2. The summed E-state index contributed by atoms with van der Waals surface area (Å²) in [5.41, 5.74) is 2.78. The molecule has 0 amide bonds. The van der Waals surface area contributed by atoms with Gasteiger partial charge in [-0.1, -0.05) is 18.2 Å². The summed E-state index contributed by atoms with van der Waals surface area (Å²) >= 11 is 0. The highest BCUT2D eigenvalue weighted by Gasteiger charge is 2.13. The first-order valence-electron chi connectivity index (χ1n) is 9.73. The lowest BCUT2D eigenvalue weighted by Crippen LogP contribution is -2.25. The van der Waals surface area contributed by atoms with E-state index in [2.05, 4.69) is 14.9 Å². The first-order valence-corrected chi connectivity index (χ1v) is 9.73. The summed E-state index contributed by atoms with van der Waals surface area (Å²) < 4.78 is 32.3. The van der Waals surface area contributed by atoms with E-state index < -0.39 is 0 Å². The average Bonchev–Trinajstić information content (AvgIpc) is 3.23. The lowest BCUT2D eigenvalue weighted by molar-refractivity contribution is 0.233. The average molecular weight is 405 g/mol. The molecule has 6 heteroatoms. The molecule has 0 aliphatic rings. The Morgan fingerprint density at radius 1 is 0.800 bits per heavy atom. The van der Waals surface area contributed by atoms with Crippen LogP contribution in [-0.4, -0.2) is 21.4 Å². The Labute approximate surface area is 173 Å². The van der Waals surface area contributed by atoms with Gasteiger partial charge in [-0.25, -0.2) is 13.8 Å². The van der Waals surface area contributed by atoms with Gasteiger partial charge in [-0.2, -0.15) is 0 Å². The molecule has 0 atom stereocenters. The van der Waals surface area contributed by atoms with Crippen LogP contribution in [0.25, 0.3) is 11.3 Å². The van der Waals surface area contributed by atoms with Gasteiger partial charge in [-0.3, -0.25) is 9.88 Å². The van der Waals surface area contributed by atoms with Gasteiger partial charge >= 0.3 is 0 Å². The predicted molar refractivity (Wildman–Crippen MR) is 110 cm³/mol. The smallest absolute Gasteiger partial charge is 0.209 e. The van der Waals surface area contributed by atoms with Gasteiger partial charge in [0, 0.05) is 37.0 Å². The van der Waals surface area contributed by atoms with E-state index in [1.165, 1.54) is 24.3 Å². The van der Waals surface area contributed by atoms with Crippen LogP contribution in [0.3, 0.4) is 0 Å². The summed E-state index contributed by atoms with van der Waals surface area (Å²) in [4.78, 5) is 11.0. The molecule has 0 bridgehead atoms. The summed E-state index contributed by atoms with van der Waals surface area (Å²) in [6.45, 7) is 1.86. The number of rotatable bonds is 8. The van der Waals surface area contributed by atoms with Crippen molar-refractivity contribution in [3.63, 3.8) is 0 Å². The molecule has 30 heavy (non-hydrogen) atoms. The predicted octanol–water partition coefficient (Wildman–Crippen LogP) is 5.26. The zero-order valence-electron chi connectivity index (χ0n) is 16.3. The third-order valence-corrected chi connectivity index (χ3v) is 4.77. The van der Waals surface area contributed by atoms with Gasteiger partial charge in [0.05, 0.1) is 12.7 Å². The van der Waals surface area contributed by atoms with Crippen molar-refractivity contribution in [1.82, 2.24) is 14.9 Å². The number of nitrogens with zero attached hydrogens (tertiary/aromatic N) is 3. The monoisotopic (exact) mass is 405 g/mol. The van der Waals surface area contributed by atoms with Crippen molar-refractivity contribution >= 4 is 0 Å². The molecule has 2 heterocycles. The van der Waals surface area contributed by atoms with Gasteiger partial charge in [0.25, 0.3) is 0 Å². The number of halogens is 2. The molecule has 0 saturated heterocycles. The Kier molecular flexibility index (Phi) is 6.25. The molecule has 2 aromatic heterocycles. The fraction of sp³-hybridized carbons (Fsp3) is 0.167. The molecular formula is C24H21F2N3O. The van der Waals surface area contributed by atoms with Crippen LogP contribution in [0.5, 0.6) is 0 Å². The Morgan fingerprint density at radius 2 is 1.53 bits per heavy atom. The quantitative estimate of drug-likeness (QED) is 0.401. The second-order valence-electron chi connectivity index (χ2n) is 7.03. The van der Waals surface area contributed by atoms with Gasteiger partial charge in [0.15, 0.2) is 5.76 Å². The van der Waals surface area contributed by atoms with Crippen molar-refractivity contribution in [3.05, 3.63) is 108 Å². The zero-order chi connectivity index (χ0) is 20.8. The lowest BCUT2D eigenvalue weighted by Gasteiger charge is -2.20. The van der Waals surface area contributed by atoms with Crippen LogP contribution < -0.4 is 0 Å². The molecular weight excluding hydrogens is 384 g/mol. The van der Waals surface area contributed by atoms with Gasteiger partial charge < -0.3 is 4.42 Å². The summed E-state index contributed by atoms with van der Waals surface area (Å²) in [6, 6.07) is 18.5. The van der Waals surface area contributed by atoms with Crippen LogP contribution in [0.15, 0.2) is 83.5 Å². The molecule has 0 aliphatic heterocycles. The summed E-state index contributed by atoms with van der Waals surface area (Å²) in [7, 11) is 0. The van der Waals surface area contributed by atoms with Gasteiger partial charge in [0.1, 0.15) is 11.6 Å². The third kappa shape index (κ3) is 5.36. The van der Waals surface area contributed by atoms with Crippen molar-refractivity contribution in [2.24, 2.45) is 0 Å². The van der Waals surface area contributed by atoms with Crippen LogP contribution in [0, 0.1) is 11.6 Å². The second-order valence-corrected chi connectivity index (χ2v) is 7.03. The SMILES string of the molecule is Fc1ccc(CN(CCc2ccccn2)Cc2ncc(-c3ccc(F)cc3)o2)cc1. The van der Waals surface area contributed by atoms with Crippen molar-refractivity contribution in [3.8, 4) is 11.3 Å². The topological polar surface area (TPSA) is 42.2 Å². The molecule has 4 rings (SSSR count). The van der Waals surface area contributed by atoms with Crippen LogP contribution >= 0.6 is 0 Å². The first-order chi connectivity index (χ1) is 14.7. The van der Waals surface area contributed by atoms with E-state index in [9.17, 15) is 8.78 Å². The van der Waals surface area contributed by atoms with E-state index in [-0.39, 0.29) is 11.6 Å². The maximum absolute atomic E-state index is 13.3. The molecule has 4 aromatic rings. The number of oxazole rings is 1. The minimum Gasteiger partial charge on any atom is -0.439 e. The summed E-state index contributed by atoms with van der Waals surface area (Å²) in [5, 5.41) is 0. The molecule has 2 aromatic carbocycles. The fourth-order valence-electron chi connectivity index (χ4n) is 3.20. The number of aromatic nitrogens is 2. The Morgan fingerprint density at radius 3 is 2.23 bits per heavy atom. The number of hydrogen-bond donors (Lipinski definition) is 0. The Hall–Kier alpha value is -3.38. The van der Waals surface area contributed by atoms with E-state index in [0.717, 1.165) is 29.8 Å².